The minimum absolute atomic E-state index is 0.207. The molecule has 8 nitrogen and oxygen atoms in total. The number of hydrogen-bond donors (Lipinski definition) is 2. The number of nitriles is 1. The van der Waals surface area contributed by atoms with Crippen LogP contribution in [-0.2, 0) is 16.6 Å². The summed E-state index contributed by atoms with van der Waals surface area (Å²) in [6.07, 6.45) is 4.01. The highest BCUT2D eigenvalue weighted by Gasteiger charge is 2.34. The van der Waals surface area contributed by atoms with E-state index in [4.69, 9.17) is 10.00 Å². The molecule has 0 bridgehead atoms. The lowest BCUT2D eigenvalue weighted by molar-refractivity contribution is 0.0735. The van der Waals surface area contributed by atoms with Crippen LogP contribution >= 0.6 is 0 Å². The summed E-state index contributed by atoms with van der Waals surface area (Å²) in [5.41, 5.74) is -0.472. The summed E-state index contributed by atoms with van der Waals surface area (Å²) in [6, 6.07) is 13.0. The SMILES string of the molecule is CC(C)(C#N)CCCCCc1ccc(OC(=O)c2ccccc2)c(N2C=C(O)NS2(=O)=O)c1F. The molecule has 0 amide bonds. The fourth-order valence-electron chi connectivity index (χ4n) is 3.49. The first-order valence-electron chi connectivity index (χ1n) is 10.8. The summed E-state index contributed by atoms with van der Waals surface area (Å²) < 4.78 is 48.2. The molecule has 0 radical (unpaired) electrons. The number of aliphatic hydroxyl groups excluding tert-OH is 1. The van der Waals surface area contributed by atoms with E-state index in [9.17, 15) is 18.3 Å². The maximum atomic E-state index is 15.6. The number of aliphatic hydroxyl groups is 1. The van der Waals surface area contributed by atoms with E-state index in [1.165, 1.54) is 24.3 Å². The van der Waals surface area contributed by atoms with Gasteiger partial charge in [-0.25, -0.2) is 18.2 Å². The number of hydrogen-bond acceptors (Lipinski definition) is 6. The van der Waals surface area contributed by atoms with E-state index in [-0.39, 0.29) is 16.9 Å². The third-order valence-electron chi connectivity index (χ3n) is 5.37. The van der Waals surface area contributed by atoms with E-state index < -0.39 is 39.0 Å². The first-order valence-corrected chi connectivity index (χ1v) is 12.2. The van der Waals surface area contributed by atoms with Crippen LogP contribution in [0.25, 0.3) is 0 Å². The van der Waals surface area contributed by atoms with Crippen molar-refractivity contribution in [1.82, 2.24) is 4.72 Å². The zero-order valence-corrected chi connectivity index (χ0v) is 19.7. The first-order chi connectivity index (χ1) is 16.0. The van der Waals surface area contributed by atoms with Gasteiger partial charge in [-0.2, -0.15) is 13.7 Å². The van der Waals surface area contributed by atoms with Crippen LogP contribution in [-0.4, -0.2) is 19.5 Å². The number of ether oxygens (including phenoxy) is 1. The number of carbonyl (C=O) groups excluding carboxylic acids is 1. The molecular formula is C24H26FN3O5S. The van der Waals surface area contributed by atoms with Crippen molar-refractivity contribution in [2.24, 2.45) is 5.41 Å². The van der Waals surface area contributed by atoms with E-state index >= 15 is 4.39 Å². The molecule has 1 heterocycles. The number of halogens is 1. The van der Waals surface area contributed by atoms with E-state index in [0.29, 0.717) is 23.6 Å². The lowest BCUT2D eigenvalue weighted by atomic mass is 9.88. The van der Waals surface area contributed by atoms with Crippen LogP contribution in [0.3, 0.4) is 0 Å². The number of esters is 1. The van der Waals surface area contributed by atoms with Gasteiger partial charge in [0.1, 0.15) is 5.69 Å². The molecule has 0 spiro atoms. The Bertz CT molecular complexity index is 1240. The Morgan fingerprint density at radius 2 is 1.88 bits per heavy atom. The van der Waals surface area contributed by atoms with Gasteiger partial charge >= 0.3 is 16.2 Å². The number of aryl methyl sites for hydroxylation is 1. The van der Waals surface area contributed by atoms with Crippen LogP contribution < -0.4 is 13.8 Å². The molecule has 0 aromatic heterocycles. The van der Waals surface area contributed by atoms with Crippen LogP contribution in [0.2, 0.25) is 0 Å². The fraction of sp³-hybridized carbons (Fsp3) is 0.333. The molecule has 0 unspecified atom stereocenters. The molecule has 2 N–H and O–H groups in total. The van der Waals surface area contributed by atoms with Crippen molar-refractivity contribution in [1.29, 1.82) is 5.26 Å². The number of nitrogens with zero attached hydrogens (tertiary/aromatic N) is 2. The van der Waals surface area contributed by atoms with Crippen molar-refractivity contribution in [3.8, 4) is 11.8 Å². The summed E-state index contributed by atoms with van der Waals surface area (Å²) in [6.45, 7) is 3.73. The summed E-state index contributed by atoms with van der Waals surface area (Å²) in [7, 11) is -4.32. The highest BCUT2D eigenvalue weighted by Crippen LogP contribution is 2.38. The van der Waals surface area contributed by atoms with Gasteiger partial charge in [-0.3, -0.25) is 0 Å². The second-order valence-electron chi connectivity index (χ2n) is 8.61. The highest BCUT2D eigenvalue weighted by atomic mass is 32.2. The Kier molecular flexibility index (Phi) is 7.47. The van der Waals surface area contributed by atoms with Gasteiger partial charge in [0.25, 0.3) is 0 Å². The quantitative estimate of drug-likeness (QED) is 0.300. The zero-order valence-electron chi connectivity index (χ0n) is 18.9. The molecule has 0 saturated carbocycles. The van der Waals surface area contributed by atoms with Crippen molar-refractivity contribution in [3.05, 3.63) is 71.5 Å². The Morgan fingerprint density at radius 1 is 1.18 bits per heavy atom. The van der Waals surface area contributed by atoms with E-state index in [1.54, 1.807) is 18.2 Å². The Hall–Kier alpha value is -3.58. The van der Waals surface area contributed by atoms with Gasteiger partial charge in [-0.15, -0.1) is 0 Å². The summed E-state index contributed by atoms with van der Waals surface area (Å²) >= 11 is 0. The van der Waals surface area contributed by atoms with Crippen LogP contribution in [0.4, 0.5) is 10.1 Å². The van der Waals surface area contributed by atoms with Gasteiger partial charge in [-0.1, -0.05) is 37.1 Å². The van der Waals surface area contributed by atoms with Crippen LogP contribution in [0, 0.1) is 22.6 Å². The number of benzene rings is 2. The third-order valence-corrected chi connectivity index (χ3v) is 6.65. The lowest BCUT2D eigenvalue weighted by Gasteiger charge is -2.20. The normalized spacial score (nSPS) is 14.8. The average molecular weight is 488 g/mol. The molecule has 3 rings (SSSR count). The van der Waals surface area contributed by atoms with Crippen molar-refractivity contribution in [2.45, 2.75) is 46.0 Å². The Morgan fingerprint density at radius 3 is 2.50 bits per heavy atom. The molecule has 1 aliphatic rings. The first kappa shape index (κ1) is 25.1. The lowest BCUT2D eigenvalue weighted by Crippen LogP contribution is -2.31. The molecule has 180 valence electrons. The molecule has 2 aromatic carbocycles. The molecule has 0 saturated heterocycles. The number of nitrogens with one attached hydrogen (secondary N) is 1. The predicted molar refractivity (Wildman–Crippen MR) is 125 cm³/mol. The predicted octanol–water partition coefficient (Wildman–Crippen LogP) is 4.71. The summed E-state index contributed by atoms with van der Waals surface area (Å²) in [5, 5.41) is 18.8. The van der Waals surface area contributed by atoms with Crippen molar-refractivity contribution in [3.63, 3.8) is 0 Å². The third kappa shape index (κ3) is 5.85. The molecule has 10 heteroatoms. The highest BCUT2D eigenvalue weighted by molar-refractivity contribution is 7.91. The van der Waals surface area contributed by atoms with E-state index in [2.05, 4.69) is 6.07 Å². The number of rotatable bonds is 9. The molecular weight excluding hydrogens is 461 g/mol. The van der Waals surface area contributed by atoms with Crippen LogP contribution in [0.5, 0.6) is 5.75 Å². The summed E-state index contributed by atoms with van der Waals surface area (Å²) in [4.78, 5) is 12.5. The van der Waals surface area contributed by atoms with Gasteiger partial charge in [0.2, 0.25) is 5.88 Å². The van der Waals surface area contributed by atoms with Gasteiger partial charge in [0.05, 0.1) is 23.2 Å². The fourth-order valence-corrected chi connectivity index (χ4v) is 4.55. The Labute approximate surface area is 198 Å². The molecule has 1 aliphatic heterocycles. The van der Waals surface area contributed by atoms with Gasteiger partial charge in [0, 0.05) is 0 Å². The molecule has 2 aromatic rings. The maximum Gasteiger partial charge on any atom is 0.343 e. The topological polar surface area (TPSA) is 120 Å². The average Bonchev–Trinajstić information content (AvgIpc) is 3.07. The second-order valence-corrected chi connectivity index (χ2v) is 10.2. The van der Waals surface area contributed by atoms with Gasteiger partial charge in [0.15, 0.2) is 11.6 Å². The van der Waals surface area contributed by atoms with Crippen LogP contribution in [0.1, 0.15) is 55.5 Å². The summed E-state index contributed by atoms with van der Waals surface area (Å²) in [5.74, 6) is -2.65. The van der Waals surface area contributed by atoms with Crippen LogP contribution in [0.15, 0.2) is 54.5 Å². The molecule has 0 fully saturated rings. The largest absolute Gasteiger partial charge is 0.493 e. The van der Waals surface area contributed by atoms with Crippen molar-refractivity contribution < 1.29 is 27.4 Å². The van der Waals surface area contributed by atoms with E-state index in [0.717, 1.165) is 19.0 Å². The number of unbranched alkanes of at least 4 members (excludes halogenated alkanes) is 2. The van der Waals surface area contributed by atoms with E-state index in [1.807, 2.05) is 18.6 Å². The monoisotopic (exact) mass is 487 g/mol. The second kappa shape index (κ2) is 10.1. The molecule has 0 aliphatic carbocycles. The zero-order chi connectivity index (χ0) is 24.9. The number of anilines is 1. The van der Waals surface area contributed by atoms with Crippen molar-refractivity contribution >= 4 is 21.9 Å². The van der Waals surface area contributed by atoms with Gasteiger partial charge < -0.3 is 9.84 Å². The van der Waals surface area contributed by atoms with Gasteiger partial charge in [-0.05, 0) is 56.9 Å². The maximum absolute atomic E-state index is 15.6. The van der Waals surface area contributed by atoms with Crippen molar-refractivity contribution in [2.75, 3.05) is 4.31 Å². The minimum atomic E-state index is -4.32. The number of carbonyl (C=O) groups is 1. The smallest absolute Gasteiger partial charge is 0.343 e. The minimum Gasteiger partial charge on any atom is -0.493 e. The Balaban J connectivity index is 1.86. The standard InChI is InChI=1S/C24H26FN3O5S/c1-24(2,16-26)14-8-4-7-9-17-12-13-19(33-23(30)18-10-5-3-6-11-18)22(21(17)25)28-15-20(29)27-34(28,31)32/h3,5-6,10-13,15,27,29H,4,7-9,14H2,1-2H3. The molecule has 34 heavy (non-hydrogen) atoms. The molecule has 0 atom stereocenters.